The second kappa shape index (κ2) is 5.34. The lowest BCUT2D eigenvalue weighted by atomic mass is 10.3. The van der Waals surface area contributed by atoms with Crippen LogP contribution in [0.2, 0.25) is 0 Å². The minimum atomic E-state index is -0.347. The summed E-state index contributed by atoms with van der Waals surface area (Å²) in [5.74, 6) is 0.748. The van der Waals surface area contributed by atoms with Gasteiger partial charge in [0.1, 0.15) is 17.2 Å². The van der Waals surface area contributed by atoms with Gasteiger partial charge in [0, 0.05) is 6.07 Å². The molecule has 0 aliphatic rings. The number of esters is 1. The molecule has 0 aromatic carbocycles. The summed E-state index contributed by atoms with van der Waals surface area (Å²) < 4.78 is 15.5. The fourth-order valence-electron chi connectivity index (χ4n) is 1.70. The van der Waals surface area contributed by atoms with Crippen molar-refractivity contribution in [3.05, 3.63) is 52.0 Å². The molecule has 3 heterocycles. The van der Waals surface area contributed by atoms with E-state index in [1.54, 1.807) is 24.5 Å². The first-order valence-electron chi connectivity index (χ1n) is 5.95. The van der Waals surface area contributed by atoms with Crippen molar-refractivity contribution >= 4 is 17.3 Å². The van der Waals surface area contributed by atoms with Crippen LogP contribution in [0.15, 0.2) is 44.8 Å². The van der Waals surface area contributed by atoms with E-state index in [0.717, 1.165) is 5.56 Å². The molecule has 102 valence electrons. The van der Waals surface area contributed by atoms with Gasteiger partial charge in [-0.15, -0.1) is 11.3 Å². The number of thiophene rings is 1. The molecule has 0 saturated heterocycles. The molecular formula is C14H11NO4S. The predicted octanol–water partition coefficient (Wildman–Crippen LogP) is 3.66. The van der Waals surface area contributed by atoms with Gasteiger partial charge in [0.15, 0.2) is 5.76 Å². The van der Waals surface area contributed by atoms with Gasteiger partial charge in [-0.2, -0.15) is 0 Å². The summed E-state index contributed by atoms with van der Waals surface area (Å²) in [5, 5.41) is 5.70. The van der Waals surface area contributed by atoms with Crippen LogP contribution in [0, 0.1) is 6.92 Å². The van der Waals surface area contributed by atoms with Crippen molar-refractivity contribution in [2.24, 2.45) is 0 Å². The molecule has 0 saturated carbocycles. The van der Waals surface area contributed by atoms with E-state index in [-0.39, 0.29) is 12.6 Å². The first kappa shape index (κ1) is 12.7. The van der Waals surface area contributed by atoms with Crippen molar-refractivity contribution in [3.63, 3.8) is 0 Å². The van der Waals surface area contributed by atoms with Crippen LogP contribution >= 0.6 is 11.3 Å². The van der Waals surface area contributed by atoms with Crippen molar-refractivity contribution in [3.8, 4) is 11.5 Å². The standard InChI is InChI=1S/C14H11NO4S/c1-9-4-6-20-13(9)14(16)18-8-10-7-12(19-15-10)11-3-2-5-17-11/h2-7H,8H2,1H3. The highest BCUT2D eigenvalue weighted by molar-refractivity contribution is 7.12. The van der Waals surface area contributed by atoms with E-state index in [2.05, 4.69) is 5.16 Å². The van der Waals surface area contributed by atoms with Crippen LogP contribution in [-0.2, 0) is 11.3 Å². The lowest BCUT2D eigenvalue weighted by Crippen LogP contribution is -2.04. The summed E-state index contributed by atoms with van der Waals surface area (Å²) in [6, 6.07) is 7.10. The van der Waals surface area contributed by atoms with E-state index in [1.165, 1.54) is 11.3 Å². The molecule has 3 rings (SSSR count). The SMILES string of the molecule is Cc1ccsc1C(=O)OCc1cc(-c2ccco2)on1. The normalized spacial score (nSPS) is 10.7. The van der Waals surface area contributed by atoms with Crippen LogP contribution in [0.3, 0.4) is 0 Å². The van der Waals surface area contributed by atoms with Gasteiger partial charge in [-0.3, -0.25) is 0 Å². The molecule has 0 radical (unpaired) electrons. The van der Waals surface area contributed by atoms with Crippen molar-refractivity contribution in [2.45, 2.75) is 13.5 Å². The third-order valence-electron chi connectivity index (χ3n) is 2.72. The van der Waals surface area contributed by atoms with Crippen molar-refractivity contribution in [1.29, 1.82) is 0 Å². The Hall–Kier alpha value is -2.34. The summed E-state index contributed by atoms with van der Waals surface area (Å²) in [6.07, 6.45) is 1.55. The third kappa shape index (κ3) is 2.50. The zero-order valence-corrected chi connectivity index (χ0v) is 11.5. The van der Waals surface area contributed by atoms with Gasteiger partial charge in [0.2, 0.25) is 5.76 Å². The highest BCUT2D eigenvalue weighted by Crippen LogP contribution is 2.21. The molecule has 0 amide bonds. The smallest absolute Gasteiger partial charge is 0.348 e. The number of nitrogens with zero attached hydrogens (tertiary/aromatic N) is 1. The minimum Gasteiger partial charge on any atom is -0.461 e. The van der Waals surface area contributed by atoms with Gasteiger partial charge in [0.25, 0.3) is 0 Å². The number of rotatable bonds is 4. The van der Waals surface area contributed by atoms with E-state index >= 15 is 0 Å². The van der Waals surface area contributed by atoms with Crippen molar-refractivity contribution in [1.82, 2.24) is 5.16 Å². The summed E-state index contributed by atoms with van der Waals surface area (Å²) in [6.45, 7) is 1.94. The maximum atomic E-state index is 11.8. The van der Waals surface area contributed by atoms with Crippen molar-refractivity contribution in [2.75, 3.05) is 0 Å². The molecule has 0 unspecified atom stereocenters. The maximum Gasteiger partial charge on any atom is 0.348 e. The zero-order valence-electron chi connectivity index (χ0n) is 10.7. The molecule has 0 aliphatic carbocycles. The average molecular weight is 289 g/mol. The van der Waals surface area contributed by atoms with Crippen LogP contribution in [0.25, 0.3) is 11.5 Å². The summed E-state index contributed by atoms with van der Waals surface area (Å²) >= 11 is 1.36. The second-order valence-electron chi connectivity index (χ2n) is 4.17. The maximum absolute atomic E-state index is 11.8. The largest absolute Gasteiger partial charge is 0.461 e. The Labute approximate surface area is 118 Å². The second-order valence-corrected chi connectivity index (χ2v) is 5.08. The minimum absolute atomic E-state index is 0.0698. The number of hydrogen-bond acceptors (Lipinski definition) is 6. The van der Waals surface area contributed by atoms with E-state index < -0.39 is 0 Å². The monoisotopic (exact) mass is 289 g/mol. The van der Waals surface area contributed by atoms with Gasteiger partial charge in [-0.05, 0) is 36.1 Å². The molecule has 0 atom stereocenters. The van der Waals surface area contributed by atoms with Gasteiger partial charge in [0.05, 0.1) is 6.26 Å². The predicted molar refractivity (Wildman–Crippen MR) is 72.4 cm³/mol. The summed E-state index contributed by atoms with van der Waals surface area (Å²) in [7, 11) is 0. The number of aryl methyl sites for hydroxylation is 1. The molecule has 3 aromatic heterocycles. The number of aromatic nitrogens is 1. The number of carbonyl (C=O) groups is 1. The molecule has 0 fully saturated rings. The van der Waals surface area contributed by atoms with Crippen LogP contribution in [-0.4, -0.2) is 11.1 Å². The highest BCUT2D eigenvalue weighted by Gasteiger charge is 2.14. The van der Waals surface area contributed by atoms with E-state index in [4.69, 9.17) is 13.7 Å². The molecule has 0 N–H and O–H groups in total. The Morgan fingerprint density at radius 3 is 3.00 bits per heavy atom. The first-order chi connectivity index (χ1) is 9.74. The van der Waals surface area contributed by atoms with Crippen LogP contribution in [0.5, 0.6) is 0 Å². The number of ether oxygens (including phenoxy) is 1. The molecular weight excluding hydrogens is 278 g/mol. The molecule has 20 heavy (non-hydrogen) atoms. The summed E-state index contributed by atoms with van der Waals surface area (Å²) in [4.78, 5) is 12.5. The molecule has 0 bridgehead atoms. The topological polar surface area (TPSA) is 65.5 Å². The summed E-state index contributed by atoms with van der Waals surface area (Å²) in [5.41, 5.74) is 1.45. The molecule has 5 nitrogen and oxygen atoms in total. The van der Waals surface area contributed by atoms with E-state index in [1.807, 2.05) is 18.4 Å². The molecule has 0 spiro atoms. The number of furan rings is 1. The number of carbonyl (C=O) groups excluding carboxylic acids is 1. The Morgan fingerprint density at radius 2 is 2.30 bits per heavy atom. The zero-order chi connectivity index (χ0) is 13.9. The van der Waals surface area contributed by atoms with Crippen LogP contribution in [0.1, 0.15) is 20.9 Å². The van der Waals surface area contributed by atoms with Crippen LogP contribution in [0.4, 0.5) is 0 Å². The Balaban J connectivity index is 1.65. The van der Waals surface area contributed by atoms with E-state index in [9.17, 15) is 4.79 Å². The molecule has 6 heteroatoms. The van der Waals surface area contributed by atoms with Gasteiger partial charge in [-0.1, -0.05) is 5.16 Å². The first-order valence-corrected chi connectivity index (χ1v) is 6.82. The van der Waals surface area contributed by atoms with E-state index in [0.29, 0.717) is 22.1 Å². The lowest BCUT2D eigenvalue weighted by molar-refractivity contribution is 0.0469. The molecule has 0 aliphatic heterocycles. The lowest BCUT2D eigenvalue weighted by Gasteiger charge is -2.00. The fraction of sp³-hybridized carbons (Fsp3) is 0.143. The fourth-order valence-corrected chi connectivity index (χ4v) is 2.52. The van der Waals surface area contributed by atoms with Crippen LogP contribution < -0.4 is 0 Å². The van der Waals surface area contributed by atoms with Gasteiger partial charge in [-0.25, -0.2) is 4.79 Å². The van der Waals surface area contributed by atoms with Crippen molar-refractivity contribution < 1.29 is 18.5 Å². The average Bonchev–Trinajstić information content (AvgIpc) is 3.16. The van der Waals surface area contributed by atoms with Gasteiger partial charge >= 0.3 is 5.97 Å². The Morgan fingerprint density at radius 1 is 1.40 bits per heavy atom. The number of hydrogen-bond donors (Lipinski definition) is 0. The Kier molecular flexibility index (Phi) is 3.39. The molecule has 3 aromatic rings. The quantitative estimate of drug-likeness (QED) is 0.686. The third-order valence-corrected chi connectivity index (χ3v) is 3.72. The highest BCUT2D eigenvalue weighted by atomic mass is 32.1. The van der Waals surface area contributed by atoms with Gasteiger partial charge < -0.3 is 13.7 Å². The Bertz CT molecular complexity index is 711.